The van der Waals surface area contributed by atoms with Crippen LogP contribution in [0.5, 0.6) is 0 Å². The zero-order chi connectivity index (χ0) is 14.0. The van der Waals surface area contributed by atoms with Gasteiger partial charge in [0.15, 0.2) is 5.69 Å². The Kier molecular flexibility index (Phi) is 3.69. The van der Waals surface area contributed by atoms with Crippen LogP contribution in [0.3, 0.4) is 0 Å². The van der Waals surface area contributed by atoms with Gasteiger partial charge in [-0.2, -0.15) is 5.10 Å². The summed E-state index contributed by atoms with van der Waals surface area (Å²) in [6, 6.07) is 9.77. The maximum Gasteiger partial charge on any atom is 0.276 e. The van der Waals surface area contributed by atoms with Crippen LogP contribution >= 0.6 is 0 Å². The number of aryl methyl sites for hydroxylation is 2. The number of carbonyl (C=O) groups is 1. The van der Waals surface area contributed by atoms with E-state index in [1.54, 1.807) is 0 Å². The van der Waals surface area contributed by atoms with E-state index in [2.05, 4.69) is 10.4 Å². The van der Waals surface area contributed by atoms with Gasteiger partial charge in [-0.1, -0.05) is 17.7 Å². The average molecular weight is 257 g/mol. The predicted octanol–water partition coefficient (Wildman–Crippen LogP) is 3.33. The minimum absolute atomic E-state index is 0.175. The monoisotopic (exact) mass is 257 g/mol. The van der Waals surface area contributed by atoms with Gasteiger partial charge in [0.05, 0.1) is 0 Å². The number of nitrogens with zero attached hydrogens (tertiary/aromatic N) is 2. The summed E-state index contributed by atoms with van der Waals surface area (Å²) < 4.78 is 1.85. The summed E-state index contributed by atoms with van der Waals surface area (Å²) in [5, 5.41) is 7.18. The fraction of sp³-hybridized carbons (Fsp3) is 0.333. The van der Waals surface area contributed by atoms with Gasteiger partial charge >= 0.3 is 0 Å². The van der Waals surface area contributed by atoms with Gasteiger partial charge in [0.25, 0.3) is 5.91 Å². The minimum Gasteiger partial charge on any atom is -0.321 e. The third-order valence-electron chi connectivity index (χ3n) is 2.95. The normalized spacial score (nSPS) is 10.8. The number of hydrogen-bond donors (Lipinski definition) is 1. The summed E-state index contributed by atoms with van der Waals surface area (Å²) in [6.07, 6.45) is 0. The Morgan fingerprint density at radius 2 is 1.84 bits per heavy atom. The first-order chi connectivity index (χ1) is 8.97. The van der Waals surface area contributed by atoms with Gasteiger partial charge < -0.3 is 5.32 Å². The Hall–Kier alpha value is -2.10. The second-order valence-electron chi connectivity index (χ2n) is 5.03. The number of anilines is 1. The van der Waals surface area contributed by atoms with Crippen LogP contribution < -0.4 is 5.32 Å². The number of rotatable bonds is 3. The van der Waals surface area contributed by atoms with Crippen LogP contribution in [-0.4, -0.2) is 15.7 Å². The Morgan fingerprint density at radius 1 is 1.21 bits per heavy atom. The summed E-state index contributed by atoms with van der Waals surface area (Å²) in [6.45, 7) is 8.05. The van der Waals surface area contributed by atoms with E-state index < -0.39 is 0 Å². The van der Waals surface area contributed by atoms with Crippen molar-refractivity contribution in [2.75, 3.05) is 5.32 Å². The highest BCUT2D eigenvalue weighted by molar-refractivity contribution is 6.02. The standard InChI is InChI=1S/C15H19N3O/c1-10(2)18-12(4)9-14(17-18)15(19)16-13-7-5-11(3)6-8-13/h5-10H,1-4H3,(H,16,19). The van der Waals surface area contributed by atoms with Crippen molar-refractivity contribution < 1.29 is 4.79 Å². The third kappa shape index (κ3) is 3.02. The molecular formula is C15H19N3O. The van der Waals surface area contributed by atoms with Gasteiger partial charge in [0.2, 0.25) is 0 Å². The maximum atomic E-state index is 12.1. The number of benzene rings is 1. The number of aromatic nitrogens is 2. The van der Waals surface area contributed by atoms with Crippen LogP contribution in [0.25, 0.3) is 0 Å². The molecule has 1 N–H and O–H groups in total. The number of nitrogens with one attached hydrogen (secondary N) is 1. The number of carbonyl (C=O) groups excluding carboxylic acids is 1. The molecule has 4 nitrogen and oxygen atoms in total. The zero-order valence-corrected chi connectivity index (χ0v) is 11.8. The van der Waals surface area contributed by atoms with Crippen molar-refractivity contribution in [1.82, 2.24) is 9.78 Å². The molecule has 1 aromatic heterocycles. The minimum atomic E-state index is -0.175. The molecule has 0 saturated heterocycles. The van der Waals surface area contributed by atoms with Gasteiger partial charge in [-0.15, -0.1) is 0 Å². The first-order valence-corrected chi connectivity index (χ1v) is 6.41. The topological polar surface area (TPSA) is 46.9 Å². The lowest BCUT2D eigenvalue weighted by Gasteiger charge is -2.07. The van der Waals surface area contributed by atoms with Crippen LogP contribution in [0.15, 0.2) is 30.3 Å². The van der Waals surface area contributed by atoms with Crippen molar-refractivity contribution >= 4 is 11.6 Å². The van der Waals surface area contributed by atoms with Crippen molar-refractivity contribution in [2.24, 2.45) is 0 Å². The van der Waals surface area contributed by atoms with Gasteiger partial charge in [0, 0.05) is 17.4 Å². The zero-order valence-electron chi connectivity index (χ0n) is 11.8. The molecule has 1 aromatic carbocycles. The van der Waals surface area contributed by atoms with Crippen LogP contribution in [0, 0.1) is 13.8 Å². The molecule has 19 heavy (non-hydrogen) atoms. The summed E-state index contributed by atoms with van der Waals surface area (Å²) >= 11 is 0. The van der Waals surface area contributed by atoms with E-state index in [1.165, 1.54) is 0 Å². The molecule has 0 saturated carbocycles. The van der Waals surface area contributed by atoms with Crippen LogP contribution in [0.1, 0.15) is 41.6 Å². The van der Waals surface area contributed by atoms with Crippen LogP contribution in [0.2, 0.25) is 0 Å². The van der Waals surface area contributed by atoms with Crippen molar-refractivity contribution in [1.29, 1.82) is 0 Å². The Bertz CT molecular complexity index is 582. The molecule has 0 aliphatic carbocycles. The molecule has 0 aliphatic heterocycles. The van der Waals surface area contributed by atoms with E-state index in [-0.39, 0.29) is 11.9 Å². The van der Waals surface area contributed by atoms with Crippen molar-refractivity contribution in [3.8, 4) is 0 Å². The lowest BCUT2D eigenvalue weighted by molar-refractivity contribution is 0.102. The smallest absolute Gasteiger partial charge is 0.276 e. The molecule has 0 spiro atoms. The highest BCUT2D eigenvalue weighted by Gasteiger charge is 2.13. The molecule has 0 aliphatic rings. The van der Waals surface area contributed by atoms with E-state index >= 15 is 0 Å². The largest absolute Gasteiger partial charge is 0.321 e. The first-order valence-electron chi connectivity index (χ1n) is 6.41. The maximum absolute atomic E-state index is 12.1. The van der Waals surface area contributed by atoms with Gasteiger partial charge in [-0.05, 0) is 45.9 Å². The molecule has 4 heteroatoms. The van der Waals surface area contributed by atoms with Crippen molar-refractivity contribution in [2.45, 2.75) is 33.7 Å². The molecule has 0 atom stereocenters. The molecule has 0 radical (unpaired) electrons. The Morgan fingerprint density at radius 3 is 2.37 bits per heavy atom. The molecular weight excluding hydrogens is 238 g/mol. The summed E-state index contributed by atoms with van der Waals surface area (Å²) in [4.78, 5) is 12.1. The molecule has 2 aromatic rings. The summed E-state index contributed by atoms with van der Waals surface area (Å²) in [5.74, 6) is -0.175. The van der Waals surface area contributed by atoms with Crippen LogP contribution in [0.4, 0.5) is 5.69 Å². The van der Waals surface area contributed by atoms with E-state index in [1.807, 2.05) is 62.7 Å². The SMILES string of the molecule is Cc1ccc(NC(=O)c2cc(C)n(C(C)C)n2)cc1. The van der Waals surface area contributed by atoms with Gasteiger partial charge in [-0.3, -0.25) is 9.48 Å². The van der Waals surface area contributed by atoms with E-state index in [9.17, 15) is 4.79 Å². The molecule has 100 valence electrons. The van der Waals surface area contributed by atoms with Gasteiger partial charge in [0.1, 0.15) is 0 Å². The van der Waals surface area contributed by atoms with Gasteiger partial charge in [-0.25, -0.2) is 0 Å². The van der Waals surface area contributed by atoms with Crippen LogP contribution in [-0.2, 0) is 0 Å². The van der Waals surface area contributed by atoms with E-state index in [0.29, 0.717) is 5.69 Å². The molecule has 0 fully saturated rings. The highest BCUT2D eigenvalue weighted by Crippen LogP contribution is 2.13. The first kappa shape index (κ1) is 13.3. The number of amides is 1. The second-order valence-corrected chi connectivity index (χ2v) is 5.03. The highest BCUT2D eigenvalue weighted by atomic mass is 16.1. The molecule has 0 unspecified atom stereocenters. The lowest BCUT2D eigenvalue weighted by atomic mass is 10.2. The second kappa shape index (κ2) is 5.26. The fourth-order valence-corrected chi connectivity index (χ4v) is 1.95. The third-order valence-corrected chi connectivity index (χ3v) is 2.95. The average Bonchev–Trinajstić information content (AvgIpc) is 2.74. The van der Waals surface area contributed by atoms with E-state index in [0.717, 1.165) is 16.9 Å². The quantitative estimate of drug-likeness (QED) is 0.916. The Balaban J connectivity index is 2.16. The van der Waals surface area contributed by atoms with Crippen molar-refractivity contribution in [3.05, 3.63) is 47.3 Å². The summed E-state index contributed by atoms with van der Waals surface area (Å²) in [7, 11) is 0. The molecule has 2 rings (SSSR count). The lowest BCUT2D eigenvalue weighted by Crippen LogP contribution is -2.13. The molecule has 0 bridgehead atoms. The molecule has 1 amide bonds. The molecule has 1 heterocycles. The number of hydrogen-bond acceptors (Lipinski definition) is 2. The predicted molar refractivity (Wildman–Crippen MR) is 76.5 cm³/mol. The summed E-state index contributed by atoms with van der Waals surface area (Å²) in [5.41, 5.74) is 3.39. The fourth-order valence-electron chi connectivity index (χ4n) is 1.95. The Labute approximate surface area is 113 Å². The van der Waals surface area contributed by atoms with Crippen molar-refractivity contribution in [3.63, 3.8) is 0 Å². The van der Waals surface area contributed by atoms with E-state index in [4.69, 9.17) is 0 Å².